The van der Waals surface area contributed by atoms with Gasteiger partial charge in [-0.05, 0) is 25.0 Å². The van der Waals surface area contributed by atoms with E-state index in [2.05, 4.69) is 5.32 Å². The number of halogens is 2. The zero-order valence-corrected chi connectivity index (χ0v) is 15.5. The van der Waals surface area contributed by atoms with Crippen LogP contribution in [0.2, 0.25) is 10.0 Å². The fraction of sp³-hybridized carbons (Fsp3) is 0.556. The van der Waals surface area contributed by atoms with Crippen molar-refractivity contribution in [3.63, 3.8) is 0 Å². The number of para-hydroxylation sites is 1. The first kappa shape index (κ1) is 19.1. The number of hydrogen-bond donors (Lipinski definition) is 1. The summed E-state index contributed by atoms with van der Waals surface area (Å²) in [6.07, 6.45) is 7.04. The van der Waals surface area contributed by atoms with Crippen molar-refractivity contribution in [2.45, 2.75) is 57.9 Å². The van der Waals surface area contributed by atoms with Gasteiger partial charge in [0, 0.05) is 25.9 Å². The Bertz CT molecular complexity index is 564. The predicted molar refractivity (Wildman–Crippen MR) is 98.6 cm³/mol. The molecule has 0 spiro atoms. The topological polar surface area (TPSA) is 49.4 Å². The van der Waals surface area contributed by atoms with Gasteiger partial charge in [-0.1, -0.05) is 55.0 Å². The molecule has 0 heterocycles. The molecule has 132 valence electrons. The Morgan fingerprint density at radius 1 is 1.12 bits per heavy atom. The van der Waals surface area contributed by atoms with Crippen LogP contribution in [0.3, 0.4) is 0 Å². The molecule has 24 heavy (non-hydrogen) atoms. The van der Waals surface area contributed by atoms with Gasteiger partial charge in [0.15, 0.2) is 0 Å². The minimum Gasteiger partial charge on any atom is -0.339 e. The third kappa shape index (κ3) is 5.38. The van der Waals surface area contributed by atoms with Gasteiger partial charge in [0.05, 0.1) is 15.7 Å². The number of hydrogen-bond acceptors (Lipinski definition) is 2. The molecule has 0 aliphatic heterocycles. The minimum atomic E-state index is -0.190. The molecule has 1 fully saturated rings. The smallest absolute Gasteiger partial charge is 0.226 e. The number of carbonyl (C=O) groups excluding carboxylic acids is 2. The summed E-state index contributed by atoms with van der Waals surface area (Å²) in [5, 5.41) is 3.56. The van der Waals surface area contributed by atoms with Gasteiger partial charge in [0.2, 0.25) is 11.8 Å². The summed E-state index contributed by atoms with van der Waals surface area (Å²) >= 11 is 12.1. The number of nitrogens with one attached hydrogen (secondary N) is 1. The van der Waals surface area contributed by atoms with E-state index in [1.165, 1.54) is 12.8 Å². The number of amides is 2. The van der Waals surface area contributed by atoms with Crippen LogP contribution in [0.15, 0.2) is 18.2 Å². The SMILES string of the molecule is CC(=O)N(CCC(=O)Nc1c(Cl)cccc1Cl)C1CCCCCC1. The van der Waals surface area contributed by atoms with Crippen LogP contribution in [0, 0.1) is 0 Å². The first-order valence-corrected chi connectivity index (χ1v) is 9.25. The summed E-state index contributed by atoms with van der Waals surface area (Å²) in [5.41, 5.74) is 0.426. The summed E-state index contributed by atoms with van der Waals surface area (Å²) < 4.78 is 0. The fourth-order valence-corrected chi connectivity index (χ4v) is 3.70. The number of anilines is 1. The minimum absolute atomic E-state index is 0.0328. The lowest BCUT2D eigenvalue weighted by Gasteiger charge is -2.30. The number of benzene rings is 1. The molecule has 6 heteroatoms. The molecular weight excluding hydrogens is 347 g/mol. The lowest BCUT2D eigenvalue weighted by Crippen LogP contribution is -2.40. The van der Waals surface area contributed by atoms with Crippen molar-refractivity contribution in [1.29, 1.82) is 0 Å². The van der Waals surface area contributed by atoms with Crippen molar-refractivity contribution >= 4 is 40.7 Å². The molecule has 1 aromatic rings. The van der Waals surface area contributed by atoms with Crippen molar-refractivity contribution < 1.29 is 9.59 Å². The summed E-state index contributed by atoms with van der Waals surface area (Å²) in [4.78, 5) is 26.1. The molecule has 4 nitrogen and oxygen atoms in total. The molecule has 0 bridgehead atoms. The maximum absolute atomic E-state index is 12.2. The average molecular weight is 371 g/mol. The average Bonchev–Trinajstić information content (AvgIpc) is 2.80. The van der Waals surface area contributed by atoms with Crippen molar-refractivity contribution in [1.82, 2.24) is 4.90 Å². The second kappa shape index (κ2) is 9.28. The van der Waals surface area contributed by atoms with Gasteiger partial charge in [-0.2, -0.15) is 0 Å². The van der Waals surface area contributed by atoms with Crippen LogP contribution >= 0.6 is 23.2 Å². The standard InChI is InChI=1S/C18H24Cl2N2O2/c1-13(23)22(14-7-4-2-3-5-8-14)12-11-17(24)21-18-15(19)9-6-10-16(18)20/h6,9-10,14H,2-5,7-8,11-12H2,1H3,(H,21,24). The normalized spacial score (nSPS) is 15.6. The largest absolute Gasteiger partial charge is 0.339 e. The second-order valence-electron chi connectivity index (χ2n) is 6.25. The molecule has 0 aromatic heterocycles. The van der Waals surface area contributed by atoms with E-state index in [1.807, 2.05) is 4.90 Å². The zero-order chi connectivity index (χ0) is 17.5. The quantitative estimate of drug-likeness (QED) is 0.749. The molecule has 1 N–H and O–H groups in total. The Kier molecular flexibility index (Phi) is 7.38. The van der Waals surface area contributed by atoms with Crippen LogP contribution in [0.4, 0.5) is 5.69 Å². The van der Waals surface area contributed by atoms with Crippen LogP contribution in [0.25, 0.3) is 0 Å². The van der Waals surface area contributed by atoms with Gasteiger partial charge in [-0.25, -0.2) is 0 Å². The van der Waals surface area contributed by atoms with Crippen LogP contribution in [0.5, 0.6) is 0 Å². The number of nitrogens with zero attached hydrogens (tertiary/aromatic N) is 1. The van der Waals surface area contributed by atoms with Crippen LogP contribution < -0.4 is 5.32 Å². The molecule has 1 aliphatic rings. The van der Waals surface area contributed by atoms with Crippen LogP contribution in [-0.4, -0.2) is 29.3 Å². The lowest BCUT2D eigenvalue weighted by atomic mass is 10.1. The third-order valence-electron chi connectivity index (χ3n) is 4.48. The van der Waals surface area contributed by atoms with E-state index in [1.54, 1.807) is 25.1 Å². The van der Waals surface area contributed by atoms with Crippen molar-refractivity contribution in [2.75, 3.05) is 11.9 Å². The molecular formula is C18H24Cl2N2O2. The Balaban J connectivity index is 1.93. The molecule has 1 aromatic carbocycles. The van der Waals surface area contributed by atoms with E-state index in [-0.39, 0.29) is 24.3 Å². The lowest BCUT2D eigenvalue weighted by molar-refractivity contribution is -0.131. The maximum atomic E-state index is 12.2. The molecule has 2 rings (SSSR count). The molecule has 0 radical (unpaired) electrons. The first-order valence-electron chi connectivity index (χ1n) is 8.50. The Labute approximate surface area is 153 Å². The summed E-state index contributed by atoms with van der Waals surface area (Å²) in [6, 6.07) is 5.33. The predicted octanol–water partition coefficient (Wildman–Crippen LogP) is 4.89. The van der Waals surface area contributed by atoms with Gasteiger partial charge >= 0.3 is 0 Å². The zero-order valence-electron chi connectivity index (χ0n) is 14.0. The summed E-state index contributed by atoms with van der Waals surface area (Å²) in [7, 11) is 0. The summed E-state index contributed by atoms with van der Waals surface area (Å²) in [5.74, 6) is -0.157. The maximum Gasteiger partial charge on any atom is 0.226 e. The van der Waals surface area contributed by atoms with Gasteiger partial charge < -0.3 is 10.2 Å². The van der Waals surface area contributed by atoms with E-state index in [9.17, 15) is 9.59 Å². The molecule has 1 aliphatic carbocycles. The Morgan fingerprint density at radius 2 is 1.71 bits per heavy atom. The highest BCUT2D eigenvalue weighted by atomic mass is 35.5. The highest BCUT2D eigenvalue weighted by Gasteiger charge is 2.23. The molecule has 0 saturated heterocycles. The van der Waals surface area contributed by atoms with E-state index in [0.29, 0.717) is 22.3 Å². The second-order valence-corrected chi connectivity index (χ2v) is 7.07. The molecule has 0 atom stereocenters. The van der Waals surface area contributed by atoms with Gasteiger partial charge in [0.25, 0.3) is 0 Å². The van der Waals surface area contributed by atoms with Gasteiger partial charge in [0.1, 0.15) is 0 Å². The molecule has 2 amide bonds. The highest BCUT2D eigenvalue weighted by molar-refractivity contribution is 6.39. The fourth-order valence-electron chi connectivity index (χ4n) is 3.21. The molecule has 1 saturated carbocycles. The monoisotopic (exact) mass is 370 g/mol. The summed E-state index contributed by atoms with van der Waals surface area (Å²) in [6.45, 7) is 2.00. The number of rotatable bonds is 5. The number of carbonyl (C=O) groups is 2. The van der Waals surface area contributed by atoms with Crippen molar-refractivity contribution in [3.05, 3.63) is 28.2 Å². The van der Waals surface area contributed by atoms with Crippen molar-refractivity contribution in [2.24, 2.45) is 0 Å². The van der Waals surface area contributed by atoms with E-state index < -0.39 is 0 Å². The highest BCUT2D eigenvalue weighted by Crippen LogP contribution is 2.30. The Hall–Kier alpha value is -1.26. The van der Waals surface area contributed by atoms with E-state index >= 15 is 0 Å². The Morgan fingerprint density at radius 3 is 2.25 bits per heavy atom. The van der Waals surface area contributed by atoms with Crippen molar-refractivity contribution in [3.8, 4) is 0 Å². The van der Waals surface area contributed by atoms with E-state index in [4.69, 9.17) is 23.2 Å². The van der Waals surface area contributed by atoms with E-state index in [0.717, 1.165) is 25.7 Å². The van der Waals surface area contributed by atoms with Crippen LogP contribution in [-0.2, 0) is 9.59 Å². The first-order chi connectivity index (χ1) is 11.5. The molecule has 0 unspecified atom stereocenters. The van der Waals surface area contributed by atoms with Gasteiger partial charge in [-0.15, -0.1) is 0 Å². The van der Waals surface area contributed by atoms with Crippen LogP contribution in [0.1, 0.15) is 51.9 Å². The third-order valence-corrected chi connectivity index (χ3v) is 5.11. The van der Waals surface area contributed by atoms with Gasteiger partial charge in [-0.3, -0.25) is 9.59 Å².